The molecule has 0 saturated heterocycles. The van der Waals surface area contributed by atoms with Crippen molar-refractivity contribution in [3.05, 3.63) is 81.4 Å². The molecule has 0 amide bonds. The molecule has 9 nitrogen and oxygen atoms in total. The van der Waals surface area contributed by atoms with Crippen LogP contribution in [-0.2, 0) is 4.74 Å². The van der Waals surface area contributed by atoms with Crippen LogP contribution >= 0.6 is 11.6 Å². The van der Waals surface area contributed by atoms with Gasteiger partial charge in [-0.3, -0.25) is 9.36 Å². The van der Waals surface area contributed by atoms with Gasteiger partial charge < -0.3 is 24.6 Å². The number of fused-ring (bicyclic) bond motifs is 1. The highest BCUT2D eigenvalue weighted by atomic mass is 35.5. The summed E-state index contributed by atoms with van der Waals surface area (Å²) in [6.45, 7) is -1.31. The first-order chi connectivity index (χ1) is 19.4. The van der Waals surface area contributed by atoms with Crippen LogP contribution in [0.2, 0.25) is 5.02 Å². The van der Waals surface area contributed by atoms with Gasteiger partial charge in [-0.2, -0.15) is 13.2 Å². The summed E-state index contributed by atoms with van der Waals surface area (Å²) in [4.78, 5) is 20.7. The maximum atomic E-state index is 15.0. The number of anilines is 1. The highest BCUT2D eigenvalue weighted by Gasteiger charge is 2.60. The lowest BCUT2D eigenvalue weighted by atomic mass is 9.87. The summed E-state index contributed by atoms with van der Waals surface area (Å²) in [6.07, 6.45) is -2.89. The fraction of sp³-hybridized carbons (Fsp3) is 0.269. The third kappa shape index (κ3) is 5.49. The Labute approximate surface area is 234 Å². The number of hydrogen-bond donors (Lipinski definition) is 2. The maximum Gasteiger partial charge on any atom is 0.421 e. The molecule has 2 heterocycles. The van der Waals surface area contributed by atoms with Crippen molar-refractivity contribution in [1.29, 1.82) is 0 Å². The zero-order valence-corrected chi connectivity index (χ0v) is 22.3. The maximum absolute atomic E-state index is 15.0. The summed E-state index contributed by atoms with van der Waals surface area (Å²) in [5.41, 5.74) is -5.15. The second-order valence-electron chi connectivity index (χ2n) is 8.74. The van der Waals surface area contributed by atoms with E-state index in [0.717, 1.165) is 49.1 Å². The first-order valence-corrected chi connectivity index (χ1v) is 12.0. The van der Waals surface area contributed by atoms with E-state index in [4.69, 9.17) is 25.8 Å². The van der Waals surface area contributed by atoms with Crippen LogP contribution in [0.3, 0.4) is 0 Å². The molecule has 2 aromatic carbocycles. The summed E-state index contributed by atoms with van der Waals surface area (Å²) in [6, 6.07) is 3.97. The summed E-state index contributed by atoms with van der Waals surface area (Å²) in [5, 5.41) is 12.8. The van der Waals surface area contributed by atoms with Crippen LogP contribution in [0.15, 0.2) is 53.6 Å². The van der Waals surface area contributed by atoms with Crippen LogP contribution in [-0.4, -0.2) is 59.4 Å². The molecule has 4 rings (SSSR count). The second kappa shape index (κ2) is 11.5. The molecule has 0 aliphatic heterocycles. The minimum atomic E-state index is -5.36. The van der Waals surface area contributed by atoms with Crippen molar-refractivity contribution >= 4 is 28.2 Å². The summed E-state index contributed by atoms with van der Waals surface area (Å²) in [5.74, 6) is -2.50. The van der Waals surface area contributed by atoms with Crippen molar-refractivity contribution in [1.82, 2.24) is 14.5 Å². The molecule has 0 radical (unpaired) electrons. The van der Waals surface area contributed by atoms with Gasteiger partial charge in [0.15, 0.2) is 11.6 Å². The lowest BCUT2D eigenvalue weighted by molar-refractivity contribution is -0.279. The molecular weight excluding hydrogens is 579 g/mol. The standard InChI is InChI=1S/C26H22ClF5N4O5/c1-39-12-25(38,26(30,31)32)23(16-4-6-19(40-2)22(29)21(16)27)35-17-8-13(28)9-18-15(17)5-7-20(37)36(18)14-10-33-24(41-3)34-11-14/h4-11,23,35,38H,12H2,1-3H3. The Morgan fingerprint density at radius 1 is 1.05 bits per heavy atom. The van der Waals surface area contributed by atoms with Gasteiger partial charge in [-0.15, -0.1) is 0 Å². The van der Waals surface area contributed by atoms with E-state index in [-0.39, 0.29) is 34.0 Å². The van der Waals surface area contributed by atoms with E-state index in [1.165, 1.54) is 25.6 Å². The van der Waals surface area contributed by atoms with Gasteiger partial charge in [0.05, 0.1) is 55.5 Å². The smallest absolute Gasteiger partial charge is 0.421 e. The van der Waals surface area contributed by atoms with Crippen LogP contribution in [0.4, 0.5) is 27.6 Å². The molecule has 0 fully saturated rings. The molecule has 4 aromatic rings. The van der Waals surface area contributed by atoms with Crippen LogP contribution in [0, 0.1) is 11.6 Å². The summed E-state index contributed by atoms with van der Waals surface area (Å²) >= 11 is 6.14. The monoisotopic (exact) mass is 600 g/mol. The zero-order chi connectivity index (χ0) is 30.1. The molecule has 218 valence electrons. The van der Waals surface area contributed by atoms with Crippen molar-refractivity contribution in [3.63, 3.8) is 0 Å². The number of aliphatic hydroxyl groups is 1. The van der Waals surface area contributed by atoms with Crippen molar-refractivity contribution in [2.45, 2.75) is 17.8 Å². The minimum absolute atomic E-state index is 0.00778. The molecule has 0 saturated carbocycles. The van der Waals surface area contributed by atoms with E-state index < -0.39 is 52.2 Å². The number of nitrogens with zero attached hydrogens (tertiary/aromatic N) is 3. The van der Waals surface area contributed by atoms with Gasteiger partial charge in [-0.25, -0.2) is 18.7 Å². The fourth-order valence-corrected chi connectivity index (χ4v) is 4.58. The number of ether oxygens (including phenoxy) is 3. The van der Waals surface area contributed by atoms with E-state index in [1.54, 1.807) is 0 Å². The predicted molar refractivity (Wildman–Crippen MR) is 139 cm³/mol. The van der Waals surface area contributed by atoms with E-state index in [0.29, 0.717) is 0 Å². The van der Waals surface area contributed by atoms with E-state index >= 15 is 0 Å². The number of nitrogens with one attached hydrogen (secondary N) is 1. The SMILES string of the molecule is COCC(O)(C(Nc1cc(F)cc2c1ccc(=O)n2-c1cnc(OC)nc1)c1ccc(OC)c(F)c1Cl)C(F)(F)F. The molecule has 15 heteroatoms. The van der Waals surface area contributed by atoms with E-state index in [2.05, 4.69) is 15.3 Å². The Hall–Kier alpha value is -4.01. The fourth-order valence-electron chi connectivity index (χ4n) is 4.31. The number of methoxy groups -OCH3 is 3. The molecule has 2 aromatic heterocycles. The zero-order valence-electron chi connectivity index (χ0n) is 21.6. The Morgan fingerprint density at radius 2 is 1.73 bits per heavy atom. The number of aromatic nitrogens is 3. The summed E-state index contributed by atoms with van der Waals surface area (Å²) < 4.78 is 88.6. The van der Waals surface area contributed by atoms with Crippen LogP contribution in [0.1, 0.15) is 11.6 Å². The molecule has 41 heavy (non-hydrogen) atoms. The van der Waals surface area contributed by atoms with Crippen molar-refractivity contribution in [2.75, 3.05) is 33.3 Å². The molecular formula is C26H22ClF5N4O5. The first kappa shape index (κ1) is 30.0. The van der Waals surface area contributed by atoms with Gasteiger partial charge in [-0.1, -0.05) is 17.7 Å². The predicted octanol–water partition coefficient (Wildman–Crippen LogP) is 4.82. The molecule has 2 N–H and O–H groups in total. The summed E-state index contributed by atoms with van der Waals surface area (Å²) in [7, 11) is 3.39. The highest BCUT2D eigenvalue weighted by molar-refractivity contribution is 6.31. The first-order valence-electron chi connectivity index (χ1n) is 11.6. The third-order valence-corrected chi connectivity index (χ3v) is 6.66. The second-order valence-corrected chi connectivity index (χ2v) is 9.12. The van der Waals surface area contributed by atoms with E-state index in [9.17, 15) is 31.9 Å². The number of rotatable bonds is 9. The molecule has 2 unspecified atom stereocenters. The van der Waals surface area contributed by atoms with Gasteiger partial charge in [-0.05, 0) is 29.8 Å². The molecule has 0 aliphatic rings. The lowest BCUT2D eigenvalue weighted by Gasteiger charge is -2.39. The quantitative estimate of drug-likeness (QED) is 0.263. The van der Waals surface area contributed by atoms with Crippen LogP contribution < -0.4 is 20.3 Å². The van der Waals surface area contributed by atoms with E-state index in [1.807, 2.05) is 0 Å². The molecule has 2 atom stereocenters. The number of alkyl halides is 3. The van der Waals surface area contributed by atoms with Gasteiger partial charge in [0.25, 0.3) is 5.56 Å². The van der Waals surface area contributed by atoms with Gasteiger partial charge in [0, 0.05) is 24.2 Å². The molecule has 0 bridgehead atoms. The topological polar surface area (TPSA) is 108 Å². The molecule has 0 spiro atoms. The average Bonchev–Trinajstić information content (AvgIpc) is 2.92. The minimum Gasteiger partial charge on any atom is -0.494 e. The average molecular weight is 601 g/mol. The van der Waals surface area contributed by atoms with Crippen molar-refractivity contribution < 1.29 is 41.3 Å². The lowest BCUT2D eigenvalue weighted by Crippen LogP contribution is -2.56. The van der Waals surface area contributed by atoms with Crippen LogP contribution in [0.25, 0.3) is 16.6 Å². The number of benzene rings is 2. The largest absolute Gasteiger partial charge is 0.494 e. The number of halogens is 6. The Balaban J connectivity index is 1.98. The molecule has 0 aliphatic carbocycles. The van der Waals surface area contributed by atoms with Crippen LogP contribution in [0.5, 0.6) is 11.8 Å². The van der Waals surface area contributed by atoms with Gasteiger partial charge >= 0.3 is 12.2 Å². The van der Waals surface area contributed by atoms with Crippen molar-refractivity contribution in [3.8, 4) is 17.4 Å². The number of hydrogen-bond acceptors (Lipinski definition) is 8. The highest BCUT2D eigenvalue weighted by Crippen LogP contribution is 2.46. The normalized spacial score (nSPS) is 14.0. The Morgan fingerprint density at radius 3 is 2.32 bits per heavy atom. The Bertz CT molecular complexity index is 1630. The third-order valence-electron chi connectivity index (χ3n) is 6.27. The van der Waals surface area contributed by atoms with Crippen molar-refractivity contribution in [2.24, 2.45) is 0 Å². The number of pyridine rings is 1. The Kier molecular flexibility index (Phi) is 8.38. The van der Waals surface area contributed by atoms with Gasteiger partial charge in [0.2, 0.25) is 5.60 Å². The van der Waals surface area contributed by atoms with Gasteiger partial charge in [0.1, 0.15) is 5.82 Å².